The molecule has 1 unspecified atom stereocenters. The molecule has 0 saturated carbocycles. The molecule has 1 rings (SSSR count). The normalized spacial score (nSPS) is 12.4. The lowest BCUT2D eigenvalue weighted by atomic mass is 10.1. The number of halogens is 1. The lowest BCUT2D eigenvalue weighted by Crippen LogP contribution is -2.03. The fourth-order valence-electron chi connectivity index (χ4n) is 1.86. The van der Waals surface area contributed by atoms with E-state index in [1.807, 2.05) is 0 Å². The first-order valence-electron chi connectivity index (χ1n) is 6.75. The Bertz CT molecular complexity index is 350. The van der Waals surface area contributed by atoms with E-state index in [2.05, 4.69) is 6.92 Å². The van der Waals surface area contributed by atoms with E-state index in [0.29, 0.717) is 17.9 Å². The van der Waals surface area contributed by atoms with Crippen LogP contribution in [0.5, 0.6) is 5.75 Å². The molecule has 102 valence electrons. The number of aliphatic hydroxyl groups excluding tert-OH is 1. The van der Waals surface area contributed by atoms with Crippen LogP contribution in [0.2, 0.25) is 0 Å². The highest BCUT2D eigenvalue weighted by Crippen LogP contribution is 2.26. The second kappa shape index (κ2) is 8.09. The molecule has 1 N–H and O–H groups in total. The van der Waals surface area contributed by atoms with Crippen LogP contribution in [0.3, 0.4) is 0 Å². The molecule has 2 nitrogen and oxygen atoms in total. The van der Waals surface area contributed by atoms with Crippen molar-refractivity contribution in [3.63, 3.8) is 0 Å². The van der Waals surface area contributed by atoms with Gasteiger partial charge >= 0.3 is 0 Å². The van der Waals surface area contributed by atoms with Crippen molar-refractivity contribution in [2.45, 2.75) is 52.1 Å². The molecule has 0 heterocycles. The maximum absolute atomic E-state index is 13.1. The summed E-state index contributed by atoms with van der Waals surface area (Å²) in [5.41, 5.74) is 0.517. The van der Waals surface area contributed by atoms with Crippen LogP contribution in [0.25, 0.3) is 0 Å². The van der Waals surface area contributed by atoms with Gasteiger partial charge in [0.1, 0.15) is 11.6 Å². The van der Waals surface area contributed by atoms with Crippen LogP contribution in [-0.4, -0.2) is 11.7 Å². The fraction of sp³-hybridized carbons (Fsp3) is 0.600. The Morgan fingerprint density at radius 3 is 2.61 bits per heavy atom. The zero-order chi connectivity index (χ0) is 13.4. The van der Waals surface area contributed by atoms with Crippen LogP contribution in [0.15, 0.2) is 18.2 Å². The van der Waals surface area contributed by atoms with Gasteiger partial charge < -0.3 is 9.84 Å². The maximum atomic E-state index is 13.1. The van der Waals surface area contributed by atoms with Crippen LogP contribution in [0.1, 0.15) is 57.6 Å². The van der Waals surface area contributed by atoms with Gasteiger partial charge in [-0.2, -0.15) is 0 Å². The first-order chi connectivity index (χ1) is 8.65. The predicted octanol–water partition coefficient (Wildman–Crippen LogP) is 4.23. The number of hydrogen-bond acceptors (Lipinski definition) is 2. The van der Waals surface area contributed by atoms with E-state index in [1.165, 1.54) is 31.4 Å². The molecule has 0 fully saturated rings. The first kappa shape index (κ1) is 15.0. The topological polar surface area (TPSA) is 29.5 Å². The molecule has 0 aliphatic rings. The minimum absolute atomic E-state index is 0.346. The molecular formula is C15H23FO2. The zero-order valence-electron chi connectivity index (χ0n) is 11.3. The highest BCUT2D eigenvalue weighted by molar-refractivity contribution is 5.35. The van der Waals surface area contributed by atoms with Gasteiger partial charge in [0.15, 0.2) is 0 Å². The third-order valence-corrected chi connectivity index (χ3v) is 2.93. The van der Waals surface area contributed by atoms with Gasteiger partial charge in [-0.05, 0) is 31.5 Å². The van der Waals surface area contributed by atoms with Crippen LogP contribution in [0.4, 0.5) is 4.39 Å². The molecule has 18 heavy (non-hydrogen) atoms. The van der Waals surface area contributed by atoms with E-state index in [0.717, 1.165) is 12.8 Å². The average molecular weight is 254 g/mol. The molecule has 0 spiro atoms. The summed E-state index contributed by atoms with van der Waals surface area (Å²) in [4.78, 5) is 0. The van der Waals surface area contributed by atoms with Gasteiger partial charge in [-0.15, -0.1) is 0 Å². The Balaban J connectivity index is 2.42. The van der Waals surface area contributed by atoms with Gasteiger partial charge in [-0.3, -0.25) is 0 Å². The second-order valence-corrected chi connectivity index (χ2v) is 4.62. The molecule has 0 saturated heterocycles. The van der Waals surface area contributed by atoms with Gasteiger partial charge in [-0.25, -0.2) is 4.39 Å². The molecule has 0 aromatic heterocycles. The minimum atomic E-state index is -0.712. The van der Waals surface area contributed by atoms with Gasteiger partial charge in [0.25, 0.3) is 0 Å². The fourth-order valence-corrected chi connectivity index (χ4v) is 1.86. The number of aliphatic hydroxyl groups is 1. The lowest BCUT2D eigenvalue weighted by Gasteiger charge is -2.13. The van der Waals surface area contributed by atoms with Crippen molar-refractivity contribution >= 4 is 0 Å². The molecule has 0 radical (unpaired) electrons. The maximum Gasteiger partial charge on any atom is 0.125 e. The minimum Gasteiger partial charge on any atom is -0.493 e. The van der Waals surface area contributed by atoms with Crippen molar-refractivity contribution in [3.05, 3.63) is 29.6 Å². The Morgan fingerprint density at radius 2 is 1.94 bits per heavy atom. The van der Waals surface area contributed by atoms with Gasteiger partial charge in [0.05, 0.1) is 12.7 Å². The molecule has 1 atom stereocenters. The Labute approximate surface area is 109 Å². The molecule has 3 heteroatoms. The van der Waals surface area contributed by atoms with Crippen molar-refractivity contribution in [2.75, 3.05) is 6.61 Å². The largest absolute Gasteiger partial charge is 0.493 e. The summed E-state index contributed by atoms with van der Waals surface area (Å²) in [6, 6.07) is 4.28. The molecule has 1 aromatic carbocycles. The smallest absolute Gasteiger partial charge is 0.125 e. The van der Waals surface area contributed by atoms with Crippen molar-refractivity contribution < 1.29 is 14.2 Å². The van der Waals surface area contributed by atoms with Crippen LogP contribution >= 0.6 is 0 Å². The van der Waals surface area contributed by atoms with Crippen LogP contribution in [0, 0.1) is 5.82 Å². The number of rotatable bonds is 8. The highest BCUT2D eigenvalue weighted by Gasteiger charge is 2.10. The Kier molecular flexibility index (Phi) is 6.73. The van der Waals surface area contributed by atoms with E-state index in [9.17, 15) is 9.50 Å². The summed E-state index contributed by atoms with van der Waals surface area (Å²) in [6.07, 6.45) is 5.15. The summed E-state index contributed by atoms with van der Waals surface area (Å²) in [5.74, 6) is 0.239. The standard InChI is InChI=1S/C15H23FO2/c1-3-4-5-6-7-10-18-15-9-8-13(16)11-14(15)12(2)17/h8-9,11-12,17H,3-7,10H2,1-2H3. The van der Waals surface area contributed by atoms with Gasteiger partial charge in [0, 0.05) is 5.56 Å². The summed E-state index contributed by atoms with van der Waals surface area (Å²) >= 11 is 0. The molecule has 0 aliphatic carbocycles. The summed E-state index contributed by atoms with van der Waals surface area (Å²) in [7, 11) is 0. The molecular weight excluding hydrogens is 231 g/mol. The molecule has 1 aromatic rings. The SMILES string of the molecule is CCCCCCCOc1ccc(F)cc1C(C)O. The summed E-state index contributed by atoms with van der Waals surface area (Å²) < 4.78 is 18.7. The van der Waals surface area contributed by atoms with E-state index >= 15 is 0 Å². The van der Waals surface area contributed by atoms with Crippen molar-refractivity contribution in [3.8, 4) is 5.75 Å². The van der Waals surface area contributed by atoms with Crippen molar-refractivity contribution in [2.24, 2.45) is 0 Å². The van der Waals surface area contributed by atoms with Crippen molar-refractivity contribution in [1.29, 1.82) is 0 Å². The number of hydrogen-bond donors (Lipinski definition) is 1. The van der Waals surface area contributed by atoms with E-state index in [4.69, 9.17) is 4.74 Å². The zero-order valence-corrected chi connectivity index (χ0v) is 11.3. The molecule has 0 bridgehead atoms. The average Bonchev–Trinajstić information content (AvgIpc) is 2.35. The summed E-state index contributed by atoms with van der Waals surface area (Å²) in [5, 5.41) is 9.55. The summed E-state index contributed by atoms with van der Waals surface area (Å²) in [6.45, 7) is 4.42. The van der Waals surface area contributed by atoms with Crippen LogP contribution < -0.4 is 4.74 Å². The number of benzene rings is 1. The van der Waals surface area contributed by atoms with E-state index < -0.39 is 6.10 Å². The van der Waals surface area contributed by atoms with Gasteiger partial charge in [0.2, 0.25) is 0 Å². The number of unbranched alkanes of at least 4 members (excludes halogenated alkanes) is 4. The quantitative estimate of drug-likeness (QED) is 0.703. The number of ether oxygens (including phenoxy) is 1. The first-order valence-corrected chi connectivity index (χ1v) is 6.75. The predicted molar refractivity (Wildman–Crippen MR) is 71.3 cm³/mol. The molecule has 0 amide bonds. The third kappa shape index (κ3) is 5.05. The highest BCUT2D eigenvalue weighted by atomic mass is 19.1. The van der Waals surface area contributed by atoms with Crippen LogP contribution in [-0.2, 0) is 0 Å². The van der Waals surface area contributed by atoms with Gasteiger partial charge in [-0.1, -0.05) is 32.6 Å². The lowest BCUT2D eigenvalue weighted by molar-refractivity contribution is 0.190. The van der Waals surface area contributed by atoms with E-state index in [1.54, 1.807) is 13.0 Å². The third-order valence-electron chi connectivity index (χ3n) is 2.93. The molecule has 0 aliphatic heterocycles. The Hall–Kier alpha value is -1.09. The van der Waals surface area contributed by atoms with Crippen molar-refractivity contribution in [1.82, 2.24) is 0 Å². The van der Waals surface area contributed by atoms with E-state index in [-0.39, 0.29) is 5.82 Å². The monoisotopic (exact) mass is 254 g/mol. The Morgan fingerprint density at radius 1 is 1.22 bits per heavy atom. The second-order valence-electron chi connectivity index (χ2n) is 4.62.